The third kappa shape index (κ3) is 3.99. The lowest BCUT2D eigenvalue weighted by Crippen LogP contribution is -2.13. The Bertz CT molecular complexity index is 401. The first kappa shape index (κ1) is 13.4. The van der Waals surface area contributed by atoms with Gasteiger partial charge in [0.2, 0.25) is 11.6 Å². The molecule has 1 rings (SSSR count). The van der Waals surface area contributed by atoms with Crippen LogP contribution in [0.2, 0.25) is 0 Å². The van der Waals surface area contributed by atoms with Crippen LogP contribution in [0.3, 0.4) is 0 Å². The largest absolute Gasteiger partial charge is 0.290 e. The van der Waals surface area contributed by atoms with Gasteiger partial charge in [-0.2, -0.15) is 0 Å². The van der Waals surface area contributed by atoms with E-state index in [1.807, 2.05) is 0 Å². The van der Waals surface area contributed by atoms with Crippen LogP contribution in [-0.2, 0) is 4.79 Å². The SMILES string of the molecule is C=Cc1ccc(C(=O)C(=O)CCCCC)cc1. The Balaban J connectivity index is 2.61. The molecule has 1 aromatic rings. The fourth-order valence-electron chi connectivity index (χ4n) is 1.58. The smallest absolute Gasteiger partial charge is 0.228 e. The summed E-state index contributed by atoms with van der Waals surface area (Å²) in [6.45, 7) is 5.71. The molecule has 0 fully saturated rings. The predicted molar refractivity (Wildman–Crippen MR) is 70.0 cm³/mol. The molecule has 0 radical (unpaired) electrons. The minimum Gasteiger partial charge on any atom is -0.290 e. The highest BCUT2D eigenvalue weighted by Gasteiger charge is 2.14. The third-order valence-corrected chi connectivity index (χ3v) is 2.67. The first-order valence-electron chi connectivity index (χ1n) is 5.99. The van der Waals surface area contributed by atoms with Gasteiger partial charge in [0.15, 0.2) is 0 Å². The second kappa shape index (κ2) is 6.79. The van der Waals surface area contributed by atoms with Gasteiger partial charge in [-0.1, -0.05) is 56.7 Å². The Kier molecular flexibility index (Phi) is 5.34. The Morgan fingerprint density at radius 2 is 1.82 bits per heavy atom. The van der Waals surface area contributed by atoms with Gasteiger partial charge in [0.25, 0.3) is 0 Å². The van der Waals surface area contributed by atoms with Gasteiger partial charge < -0.3 is 0 Å². The summed E-state index contributed by atoms with van der Waals surface area (Å²) in [5.74, 6) is -0.665. The molecule has 2 heteroatoms. The van der Waals surface area contributed by atoms with Gasteiger partial charge in [-0.3, -0.25) is 9.59 Å². The summed E-state index contributed by atoms with van der Waals surface area (Å²) in [6.07, 6.45) is 4.91. The maximum Gasteiger partial charge on any atom is 0.228 e. The lowest BCUT2D eigenvalue weighted by Gasteiger charge is -2.01. The van der Waals surface area contributed by atoms with Gasteiger partial charge in [-0.05, 0) is 12.0 Å². The first-order chi connectivity index (χ1) is 8.19. The summed E-state index contributed by atoms with van der Waals surface area (Å²) in [7, 11) is 0. The molecule has 0 saturated carbocycles. The minimum absolute atomic E-state index is 0.287. The number of unbranched alkanes of at least 4 members (excludes halogenated alkanes) is 2. The minimum atomic E-state index is -0.378. The molecule has 0 aliphatic heterocycles. The number of ketones is 2. The number of carbonyl (C=O) groups excluding carboxylic acids is 2. The summed E-state index contributed by atoms with van der Waals surface area (Å²) in [6, 6.07) is 6.94. The second-order valence-electron chi connectivity index (χ2n) is 4.04. The highest BCUT2D eigenvalue weighted by molar-refractivity contribution is 6.43. The second-order valence-corrected chi connectivity index (χ2v) is 4.04. The molecule has 0 heterocycles. The van der Waals surface area contributed by atoms with Gasteiger partial charge in [0, 0.05) is 12.0 Å². The zero-order valence-electron chi connectivity index (χ0n) is 10.2. The molecule has 0 aliphatic carbocycles. The molecule has 0 amide bonds. The Labute approximate surface area is 102 Å². The van der Waals surface area contributed by atoms with Gasteiger partial charge >= 0.3 is 0 Å². The van der Waals surface area contributed by atoms with Crippen molar-refractivity contribution < 1.29 is 9.59 Å². The number of rotatable bonds is 7. The number of hydrogen-bond donors (Lipinski definition) is 0. The van der Waals surface area contributed by atoms with E-state index in [4.69, 9.17) is 0 Å². The fourth-order valence-corrected chi connectivity index (χ4v) is 1.58. The quantitative estimate of drug-likeness (QED) is 0.407. The van der Waals surface area contributed by atoms with Crippen LogP contribution in [0, 0.1) is 0 Å². The van der Waals surface area contributed by atoms with E-state index in [9.17, 15) is 9.59 Å². The zero-order chi connectivity index (χ0) is 12.7. The highest BCUT2D eigenvalue weighted by Crippen LogP contribution is 2.09. The lowest BCUT2D eigenvalue weighted by atomic mass is 10.0. The van der Waals surface area contributed by atoms with Crippen LogP contribution in [0.1, 0.15) is 48.5 Å². The van der Waals surface area contributed by atoms with Crippen molar-refractivity contribution in [2.45, 2.75) is 32.6 Å². The van der Waals surface area contributed by atoms with Gasteiger partial charge in [0.05, 0.1) is 0 Å². The molecule has 90 valence electrons. The first-order valence-corrected chi connectivity index (χ1v) is 5.99. The van der Waals surface area contributed by atoms with Gasteiger partial charge in [-0.15, -0.1) is 0 Å². The maximum absolute atomic E-state index is 11.8. The van der Waals surface area contributed by atoms with Crippen molar-refractivity contribution in [2.75, 3.05) is 0 Å². The average Bonchev–Trinajstić information content (AvgIpc) is 2.38. The molecule has 0 atom stereocenters. The summed E-state index contributed by atoms with van der Waals surface area (Å²) < 4.78 is 0. The molecule has 17 heavy (non-hydrogen) atoms. The molecular formula is C15H18O2. The molecule has 0 N–H and O–H groups in total. The van der Waals surface area contributed by atoms with Crippen LogP contribution < -0.4 is 0 Å². The van der Waals surface area contributed by atoms with Crippen LogP contribution in [0.25, 0.3) is 6.08 Å². The van der Waals surface area contributed by atoms with Crippen LogP contribution in [0.4, 0.5) is 0 Å². The summed E-state index contributed by atoms with van der Waals surface area (Å²) >= 11 is 0. The molecule has 0 bridgehead atoms. The van der Waals surface area contributed by atoms with Crippen molar-refractivity contribution in [3.8, 4) is 0 Å². The highest BCUT2D eigenvalue weighted by atomic mass is 16.2. The van der Waals surface area contributed by atoms with Crippen molar-refractivity contribution in [2.24, 2.45) is 0 Å². The van der Waals surface area contributed by atoms with Crippen molar-refractivity contribution in [1.29, 1.82) is 0 Å². The van der Waals surface area contributed by atoms with Crippen LogP contribution in [0.15, 0.2) is 30.8 Å². The lowest BCUT2D eigenvalue weighted by molar-refractivity contribution is -0.115. The molecule has 0 saturated heterocycles. The number of hydrogen-bond acceptors (Lipinski definition) is 2. The van der Waals surface area contributed by atoms with E-state index in [0.29, 0.717) is 12.0 Å². The van der Waals surface area contributed by atoms with E-state index < -0.39 is 0 Å². The van der Waals surface area contributed by atoms with Crippen LogP contribution in [-0.4, -0.2) is 11.6 Å². The van der Waals surface area contributed by atoms with Crippen LogP contribution >= 0.6 is 0 Å². The van der Waals surface area contributed by atoms with E-state index in [1.54, 1.807) is 30.3 Å². The molecule has 2 nitrogen and oxygen atoms in total. The topological polar surface area (TPSA) is 34.1 Å². The Morgan fingerprint density at radius 1 is 1.18 bits per heavy atom. The average molecular weight is 230 g/mol. The molecule has 0 aliphatic rings. The van der Waals surface area contributed by atoms with Gasteiger partial charge in [0.1, 0.15) is 0 Å². The molecule has 0 unspecified atom stereocenters. The van der Waals surface area contributed by atoms with Crippen molar-refractivity contribution in [3.63, 3.8) is 0 Å². The van der Waals surface area contributed by atoms with E-state index in [2.05, 4.69) is 13.5 Å². The summed E-state index contributed by atoms with van der Waals surface area (Å²) in [5, 5.41) is 0. The molecule has 0 aromatic heterocycles. The monoisotopic (exact) mass is 230 g/mol. The summed E-state index contributed by atoms with van der Waals surface area (Å²) in [4.78, 5) is 23.4. The van der Waals surface area contributed by atoms with E-state index >= 15 is 0 Å². The fraction of sp³-hybridized carbons (Fsp3) is 0.333. The number of carbonyl (C=O) groups is 2. The Morgan fingerprint density at radius 3 is 2.35 bits per heavy atom. The van der Waals surface area contributed by atoms with Crippen LogP contribution in [0.5, 0.6) is 0 Å². The number of benzene rings is 1. The third-order valence-electron chi connectivity index (χ3n) is 2.67. The normalized spacial score (nSPS) is 9.94. The van der Waals surface area contributed by atoms with E-state index in [-0.39, 0.29) is 11.6 Å². The van der Waals surface area contributed by atoms with Crippen molar-refractivity contribution in [3.05, 3.63) is 42.0 Å². The van der Waals surface area contributed by atoms with Gasteiger partial charge in [-0.25, -0.2) is 0 Å². The molecule has 1 aromatic carbocycles. The Hall–Kier alpha value is -1.70. The van der Waals surface area contributed by atoms with Crippen molar-refractivity contribution in [1.82, 2.24) is 0 Å². The predicted octanol–water partition coefficient (Wildman–Crippen LogP) is 3.66. The molecular weight excluding hydrogens is 212 g/mol. The standard InChI is InChI=1S/C15H18O2/c1-3-5-6-7-14(16)15(17)13-10-8-12(4-2)9-11-13/h4,8-11H,2-3,5-7H2,1H3. The van der Waals surface area contributed by atoms with E-state index in [0.717, 1.165) is 24.8 Å². The summed E-state index contributed by atoms with van der Waals surface area (Å²) in [5.41, 5.74) is 1.41. The van der Waals surface area contributed by atoms with Crippen molar-refractivity contribution >= 4 is 17.6 Å². The molecule has 0 spiro atoms. The van der Waals surface area contributed by atoms with E-state index in [1.165, 1.54) is 0 Å². The zero-order valence-corrected chi connectivity index (χ0v) is 10.2. The number of Topliss-reactive ketones (excluding diaryl/α,β-unsaturated/α-hetero) is 2. The maximum atomic E-state index is 11.8.